The minimum atomic E-state index is -0.0384. The van der Waals surface area contributed by atoms with Gasteiger partial charge in [-0.25, -0.2) is 4.98 Å². The van der Waals surface area contributed by atoms with Gasteiger partial charge in [-0.15, -0.1) is 0 Å². The van der Waals surface area contributed by atoms with Gasteiger partial charge in [-0.1, -0.05) is 11.6 Å². The fourth-order valence-electron chi connectivity index (χ4n) is 1.90. The van der Waals surface area contributed by atoms with E-state index in [2.05, 4.69) is 4.98 Å². The zero-order valence-corrected chi connectivity index (χ0v) is 9.28. The third-order valence-electron chi connectivity index (χ3n) is 2.81. The molecule has 4 nitrogen and oxygen atoms in total. The fraction of sp³-hybridized carbons (Fsp3) is 0.364. The molecular weight excluding hydrogens is 228 g/mol. The van der Waals surface area contributed by atoms with Gasteiger partial charge >= 0.3 is 0 Å². The van der Waals surface area contributed by atoms with Crippen molar-refractivity contribution in [3.05, 3.63) is 29.1 Å². The Morgan fingerprint density at radius 1 is 1.38 bits per heavy atom. The van der Waals surface area contributed by atoms with E-state index in [1.54, 1.807) is 12.1 Å². The van der Waals surface area contributed by atoms with E-state index in [0.717, 1.165) is 5.52 Å². The summed E-state index contributed by atoms with van der Waals surface area (Å²) < 4.78 is 10.9. The quantitative estimate of drug-likeness (QED) is 0.825. The summed E-state index contributed by atoms with van der Waals surface area (Å²) in [7, 11) is 0. The largest absolute Gasteiger partial charge is 0.440 e. The summed E-state index contributed by atoms with van der Waals surface area (Å²) in [6.07, 6.45) is 0. The number of oxazole rings is 1. The van der Waals surface area contributed by atoms with Crippen molar-refractivity contribution in [3.8, 4) is 0 Å². The van der Waals surface area contributed by atoms with Crippen LogP contribution in [0.2, 0.25) is 5.02 Å². The molecule has 1 fully saturated rings. The number of rotatable bonds is 1. The van der Waals surface area contributed by atoms with Crippen LogP contribution in [0, 0.1) is 0 Å². The summed E-state index contributed by atoms with van der Waals surface area (Å²) in [6, 6.07) is 5.35. The molecule has 84 valence electrons. The molecule has 0 bridgehead atoms. The molecule has 0 radical (unpaired) electrons. The molecule has 0 amide bonds. The predicted molar refractivity (Wildman–Crippen MR) is 60.6 cm³/mol. The molecule has 0 saturated carbocycles. The zero-order valence-electron chi connectivity index (χ0n) is 8.52. The average molecular weight is 239 g/mol. The Bertz CT molecular complexity index is 526. The SMILES string of the molecule is NC1COCC1c1nc2ccc(Cl)cc2o1. The van der Waals surface area contributed by atoms with Gasteiger partial charge in [-0.3, -0.25) is 0 Å². The highest BCUT2D eigenvalue weighted by atomic mass is 35.5. The highest BCUT2D eigenvalue weighted by Gasteiger charge is 2.30. The Morgan fingerprint density at radius 2 is 2.25 bits per heavy atom. The van der Waals surface area contributed by atoms with Crippen LogP contribution >= 0.6 is 11.6 Å². The third-order valence-corrected chi connectivity index (χ3v) is 3.04. The van der Waals surface area contributed by atoms with Gasteiger partial charge in [0.25, 0.3) is 0 Å². The molecule has 2 aromatic rings. The third kappa shape index (κ3) is 1.59. The van der Waals surface area contributed by atoms with Crippen LogP contribution in [-0.4, -0.2) is 24.2 Å². The van der Waals surface area contributed by atoms with Crippen molar-refractivity contribution in [1.82, 2.24) is 4.98 Å². The normalized spacial score (nSPS) is 25.4. The first kappa shape index (κ1) is 10.1. The van der Waals surface area contributed by atoms with Crippen LogP contribution in [0.1, 0.15) is 11.8 Å². The Kier molecular flexibility index (Phi) is 2.35. The number of fused-ring (bicyclic) bond motifs is 1. The van der Waals surface area contributed by atoms with E-state index in [1.165, 1.54) is 0 Å². The van der Waals surface area contributed by atoms with E-state index in [-0.39, 0.29) is 12.0 Å². The first-order valence-corrected chi connectivity index (χ1v) is 5.51. The molecule has 0 spiro atoms. The lowest BCUT2D eigenvalue weighted by Gasteiger charge is -2.07. The number of hydrogen-bond acceptors (Lipinski definition) is 4. The Hall–Kier alpha value is -1.10. The van der Waals surface area contributed by atoms with Gasteiger partial charge < -0.3 is 14.9 Å². The second-order valence-electron chi connectivity index (χ2n) is 3.97. The first-order chi connectivity index (χ1) is 7.74. The minimum absolute atomic E-state index is 0.0384. The van der Waals surface area contributed by atoms with Gasteiger partial charge in [0.2, 0.25) is 5.89 Å². The standard InChI is InChI=1S/C11H11ClN2O2/c12-6-1-2-9-10(3-6)16-11(14-9)7-4-15-5-8(7)13/h1-3,7-8H,4-5,13H2. The number of ether oxygens (including phenoxy) is 1. The maximum atomic E-state index is 5.91. The molecule has 1 aromatic carbocycles. The Balaban J connectivity index is 2.04. The Morgan fingerprint density at radius 3 is 3.00 bits per heavy atom. The topological polar surface area (TPSA) is 61.3 Å². The van der Waals surface area contributed by atoms with Crippen LogP contribution in [0.15, 0.2) is 22.6 Å². The van der Waals surface area contributed by atoms with Gasteiger partial charge in [-0.2, -0.15) is 0 Å². The van der Waals surface area contributed by atoms with Crippen molar-refractivity contribution < 1.29 is 9.15 Å². The highest BCUT2D eigenvalue weighted by Crippen LogP contribution is 2.28. The number of aromatic nitrogens is 1. The van der Waals surface area contributed by atoms with Crippen molar-refractivity contribution in [2.45, 2.75) is 12.0 Å². The molecule has 1 saturated heterocycles. The van der Waals surface area contributed by atoms with Crippen LogP contribution in [0.4, 0.5) is 0 Å². The first-order valence-electron chi connectivity index (χ1n) is 5.13. The molecule has 3 rings (SSSR count). The second kappa shape index (κ2) is 3.73. The summed E-state index contributed by atoms with van der Waals surface area (Å²) >= 11 is 5.88. The number of nitrogens with two attached hydrogens (primary N) is 1. The van der Waals surface area contributed by atoms with E-state index in [9.17, 15) is 0 Å². The van der Waals surface area contributed by atoms with Crippen molar-refractivity contribution in [1.29, 1.82) is 0 Å². The summed E-state index contributed by atoms with van der Waals surface area (Å²) in [6.45, 7) is 1.13. The van der Waals surface area contributed by atoms with Crippen molar-refractivity contribution in [2.75, 3.05) is 13.2 Å². The summed E-state index contributed by atoms with van der Waals surface area (Å²) in [5.74, 6) is 0.688. The number of hydrogen-bond donors (Lipinski definition) is 1. The molecule has 2 atom stereocenters. The van der Waals surface area contributed by atoms with E-state index in [0.29, 0.717) is 29.7 Å². The molecule has 2 unspecified atom stereocenters. The van der Waals surface area contributed by atoms with Crippen LogP contribution in [0.25, 0.3) is 11.1 Å². The highest BCUT2D eigenvalue weighted by molar-refractivity contribution is 6.31. The van der Waals surface area contributed by atoms with Gasteiger partial charge in [0, 0.05) is 17.1 Å². The molecule has 0 aliphatic carbocycles. The van der Waals surface area contributed by atoms with Gasteiger partial charge in [0.05, 0.1) is 19.1 Å². The predicted octanol–water partition coefficient (Wildman–Crippen LogP) is 1.92. The van der Waals surface area contributed by atoms with E-state index in [4.69, 9.17) is 26.5 Å². The lowest BCUT2D eigenvalue weighted by molar-refractivity contribution is 0.188. The van der Waals surface area contributed by atoms with E-state index < -0.39 is 0 Å². The molecule has 16 heavy (non-hydrogen) atoms. The zero-order chi connectivity index (χ0) is 11.1. The van der Waals surface area contributed by atoms with Crippen molar-refractivity contribution in [2.24, 2.45) is 5.73 Å². The monoisotopic (exact) mass is 238 g/mol. The summed E-state index contributed by atoms with van der Waals surface area (Å²) in [5.41, 5.74) is 7.41. The van der Waals surface area contributed by atoms with Crippen LogP contribution in [-0.2, 0) is 4.74 Å². The van der Waals surface area contributed by atoms with Gasteiger partial charge in [0.1, 0.15) is 5.52 Å². The van der Waals surface area contributed by atoms with Crippen LogP contribution in [0.5, 0.6) is 0 Å². The number of halogens is 1. The minimum Gasteiger partial charge on any atom is -0.440 e. The number of benzene rings is 1. The van der Waals surface area contributed by atoms with Crippen LogP contribution in [0.3, 0.4) is 0 Å². The fourth-order valence-corrected chi connectivity index (χ4v) is 2.06. The lowest BCUT2D eigenvalue weighted by Crippen LogP contribution is -2.26. The van der Waals surface area contributed by atoms with Gasteiger partial charge in [0.15, 0.2) is 5.58 Å². The van der Waals surface area contributed by atoms with Crippen molar-refractivity contribution >= 4 is 22.7 Å². The molecule has 1 aromatic heterocycles. The lowest BCUT2D eigenvalue weighted by atomic mass is 10.1. The van der Waals surface area contributed by atoms with Gasteiger partial charge in [-0.05, 0) is 12.1 Å². The van der Waals surface area contributed by atoms with Crippen molar-refractivity contribution in [3.63, 3.8) is 0 Å². The Labute approximate surface area is 97.3 Å². The summed E-state index contributed by atoms with van der Waals surface area (Å²) in [5, 5.41) is 0.641. The molecule has 5 heteroatoms. The maximum Gasteiger partial charge on any atom is 0.202 e. The summed E-state index contributed by atoms with van der Waals surface area (Å²) in [4.78, 5) is 4.40. The smallest absolute Gasteiger partial charge is 0.202 e. The van der Waals surface area contributed by atoms with E-state index >= 15 is 0 Å². The maximum absolute atomic E-state index is 5.91. The second-order valence-corrected chi connectivity index (χ2v) is 4.41. The average Bonchev–Trinajstić information content (AvgIpc) is 2.82. The van der Waals surface area contributed by atoms with E-state index in [1.807, 2.05) is 6.07 Å². The molecule has 2 N–H and O–H groups in total. The molecule has 1 aliphatic rings. The molecule has 2 heterocycles. The number of nitrogens with zero attached hydrogens (tertiary/aromatic N) is 1. The molecular formula is C11H11ClN2O2. The molecule has 1 aliphatic heterocycles. The van der Waals surface area contributed by atoms with Crippen LogP contribution < -0.4 is 5.73 Å².